The highest BCUT2D eigenvalue weighted by atomic mass is 16.3. The van der Waals surface area contributed by atoms with E-state index in [9.17, 15) is 5.11 Å². The largest absolute Gasteiger partial charge is 0.393 e. The van der Waals surface area contributed by atoms with Crippen molar-refractivity contribution >= 4 is 0 Å². The van der Waals surface area contributed by atoms with Crippen LogP contribution in [0.2, 0.25) is 0 Å². The molecule has 0 unspecified atom stereocenters. The van der Waals surface area contributed by atoms with Gasteiger partial charge in [-0.3, -0.25) is 0 Å². The molecule has 1 saturated carbocycles. The third kappa shape index (κ3) is 5.09. The summed E-state index contributed by atoms with van der Waals surface area (Å²) in [6, 6.07) is 0. The second-order valence-electron chi connectivity index (χ2n) is 11.3. The summed E-state index contributed by atoms with van der Waals surface area (Å²) >= 11 is 0. The normalized spacial score (nSPS) is 35.2. The van der Waals surface area contributed by atoms with Gasteiger partial charge in [-0.2, -0.15) is 0 Å². The summed E-state index contributed by atoms with van der Waals surface area (Å²) in [6.07, 6.45) is 18.1. The number of aliphatic hydroxyl groups excluding tert-OH is 1. The Morgan fingerprint density at radius 2 is 1.86 bits per heavy atom. The second kappa shape index (κ2) is 9.54. The molecule has 3 aliphatic rings. The van der Waals surface area contributed by atoms with Crippen molar-refractivity contribution in [3.05, 3.63) is 34.9 Å². The Labute approximate surface area is 180 Å². The fourth-order valence-electron chi connectivity index (χ4n) is 6.52. The van der Waals surface area contributed by atoms with Gasteiger partial charge in [-0.25, -0.2) is 0 Å². The molecule has 0 spiro atoms. The zero-order valence-corrected chi connectivity index (χ0v) is 20.0. The van der Waals surface area contributed by atoms with Crippen LogP contribution >= 0.6 is 0 Å². The van der Waals surface area contributed by atoms with Gasteiger partial charge < -0.3 is 5.11 Å². The maximum absolute atomic E-state index is 10.1. The van der Waals surface area contributed by atoms with Gasteiger partial charge in [0.15, 0.2) is 0 Å². The maximum Gasteiger partial charge on any atom is 0.0583 e. The van der Waals surface area contributed by atoms with E-state index in [0.29, 0.717) is 5.41 Å². The van der Waals surface area contributed by atoms with Crippen molar-refractivity contribution in [1.82, 2.24) is 0 Å². The maximum atomic E-state index is 10.1. The first kappa shape index (κ1) is 22.9. The summed E-state index contributed by atoms with van der Waals surface area (Å²) in [7, 11) is 0. The fourth-order valence-corrected chi connectivity index (χ4v) is 6.52. The molecule has 6 atom stereocenters. The van der Waals surface area contributed by atoms with Gasteiger partial charge in [0.2, 0.25) is 0 Å². The van der Waals surface area contributed by atoms with Crippen LogP contribution in [0.5, 0.6) is 0 Å². The number of fused-ring (bicyclic) bond motifs is 1. The minimum Gasteiger partial charge on any atom is -0.393 e. The number of hydrogen-bond donors (Lipinski definition) is 1. The predicted octanol–water partition coefficient (Wildman–Crippen LogP) is 7.87. The number of aliphatic hydroxyl groups is 1. The molecule has 0 radical (unpaired) electrons. The lowest BCUT2D eigenvalue weighted by Crippen LogP contribution is -2.35. The minimum absolute atomic E-state index is 0.145. The highest BCUT2D eigenvalue weighted by Crippen LogP contribution is 2.59. The first-order valence-corrected chi connectivity index (χ1v) is 12.5. The molecule has 0 aromatic rings. The fraction of sp³-hybridized carbons (Fsp3) is 0.786. The predicted molar refractivity (Wildman–Crippen MR) is 126 cm³/mol. The van der Waals surface area contributed by atoms with E-state index in [2.05, 4.69) is 59.8 Å². The molecule has 0 saturated heterocycles. The van der Waals surface area contributed by atoms with Crippen LogP contribution in [0.15, 0.2) is 34.9 Å². The van der Waals surface area contributed by atoms with Crippen molar-refractivity contribution < 1.29 is 5.11 Å². The van der Waals surface area contributed by atoms with Crippen molar-refractivity contribution in [2.75, 3.05) is 0 Å². The Hall–Kier alpha value is -0.820. The van der Waals surface area contributed by atoms with Crippen LogP contribution in [-0.2, 0) is 0 Å². The number of allylic oxidation sites excluding steroid dienone is 5. The Bertz CT molecular complexity index is 651. The van der Waals surface area contributed by atoms with Gasteiger partial charge in [0.05, 0.1) is 6.10 Å². The van der Waals surface area contributed by atoms with Gasteiger partial charge in [0.25, 0.3) is 0 Å². The summed E-state index contributed by atoms with van der Waals surface area (Å²) in [4.78, 5) is 0. The van der Waals surface area contributed by atoms with Crippen molar-refractivity contribution in [3.63, 3.8) is 0 Å². The van der Waals surface area contributed by atoms with Crippen molar-refractivity contribution in [1.29, 1.82) is 0 Å². The first-order valence-electron chi connectivity index (χ1n) is 12.5. The van der Waals surface area contributed by atoms with Crippen molar-refractivity contribution in [3.8, 4) is 0 Å². The van der Waals surface area contributed by atoms with Crippen molar-refractivity contribution in [2.45, 2.75) is 105 Å². The molecule has 0 bridgehead atoms. The van der Waals surface area contributed by atoms with E-state index < -0.39 is 0 Å². The molecular formula is C28H46O. The molecule has 0 heterocycles. The van der Waals surface area contributed by atoms with E-state index in [4.69, 9.17) is 0 Å². The van der Waals surface area contributed by atoms with Gasteiger partial charge >= 0.3 is 0 Å². The Balaban J connectivity index is 1.68. The summed E-state index contributed by atoms with van der Waals surface area (Å²) in [5.41, 5.74) is 4.92. The Kier molecular flexibility index (Phi) is 7.52. The monoisotopic (exact) mass is 398 g/mol. The molecule has 0 aliphatic heterocycles. The van der Waals surface area contributed by atoms with E-state index in [0.717, 1.165) is 48.9 Å². The lowest BCUT2D eigenvalue weighted by Gasteiger charge is -2.43. The highest BCUT2D eigenvalue weighted by Gasteiger charge is 2.49. The van der Waals surface area contributed by atoms with E-state index in [1.165, 1.54) is 49.7 Å². The molecular weight excluding hydrogens is 352 g/mol. The number of hydrogen-bond acceptors (Lipinski definition) is 1. The summed E-state index contributed by atoms with van der Waals surface area (Å²) < 4.78 is 0. The van der Waals surface area contributed by atoms with Gasteiger partial charge in [-0.1, -0.05) is 71.3 Å². The molecule has 1 N–H and O–H groups in total. The molecule has 0 aromatic carbocycles. The molecule has 0 amide bonds. The zero-order chi connectivity index (χ0) is 21.2. The van der Waals surface area contributed by atoms with Crippen LogP contribution in [0.1, 0.15) is 99.3 Å². The highest BCUT2D eigenvalue weighted by molar-refractivity contribution is 5.36. The minimum atomic E-state index is -0.145. The van der Waals surface area contributed by atoms with E-state index in [1.54, 1.807) is 5.57 Å². The van der Waals surface area contributed by atoms with Crippen LogP contribution < -0.4 is 0 Å². The van der Waals surface area contributed by atoms with Crippen LogP contribution in [0.3, 0.4) is 0 Å². The summed E-state index contributed by atoms with van der Waals surface area (Å²) in [5.74, 6) is 4.10. The van der Waals surface area contributed by atoms with Crippen LogP contribution in [-0.4, -0.2) is 11.2 Å². The Morgan fingerprint density at radius 1 is 1.10 bits per heavy atom. The SMILES string of the molecule is CC1=C(/C=C/C2=CCC[C@]3(C)[C@@H]([C@H](C)CC[C@H](C)C(C)C)CC[C@@H]23)C[C@@H](O)CC1. The van der Waals surface area contributed by atoms with Crippen LogP contribution in [0.4, 0.5) is 0 Å². The number of rotatable bonds is 7. The van der Waals surface area contributed by atoms with Gasteiger partial charge in [-0.15, -0.1) is 0 Å². The zero-order valence-electron chi connectivity index (χ0n) is 20.0. The van der Waals surface area contributed by atoms with Gasteiger partial charge in [0.1, 0.15) is 0 Å². The van der Waals surface area contributed by atoms with E-state index in [1.807, 2.05) is 0 Å². The van der Waals surface area contributed by atoms with E-state index >= 15 is 0 Å². The summed E-state index contributed by atoms with van der Waals surface area (Å²) in [5, 5.41) is 10.1. The van der Waals surface area contributed by atoms with Crippen molar-refractivity contribution in [2.24, 2.45) is 35.0 Å². The molecule has 29 heavy (non-hydrogen) atoms. The second-order valence-corrected chi connectivity index (χ2v) is 11.3. The topological polar surface area (TPSA) is 20.2 Å². The lowest BCUT2D eigenvalue weighted by molar-refractivity contribution is 0.105. The first-order chi connectivity index (χ1) is 13.7. The summed E-state index contributed by atoms with van der Waals surface area (Å²) in [6.45, 7) is 14.6. The van der Waals surface area contributed by atoms with E-state index in [-0.39, 0.29) is 6.10 Å². The third-order valence-electron chi connectivity index (χ3n) is 9.11. The lowest BCUT2D eigenvalue weighted by atomic mass is 9.62. The molecule has 3 aliphatic carbocycles. The van der Waals surface area contributed by atoms with Gasteiger partial charge in [-0.05, 0) is 98.0 Å². The van der Waals surface area contributed by atoms with Crippen LogP contribution in [0, 0.1) is 35.0 Å². The quantitative estimate of drug-likeness (QED) is 0.462. The Morgan fingerprint density at radius 3 is 2.59 bits per heavy atom. The average Bonchev–Trinajstić information content (AvgIpc) is 3.04. The van der Waals surface area contributed by atoms with Gasteiger partial charge in [0, 0.05) is 0 Å². The average molecular weight is 399 g/mol. The standard InChI is InChI=1S/C28H46O/c1-19(2)20(3)9-10-22(5)26-15-16-27-23(8-7-17-28(26,27)6)12-13-24-18-25(29)14-11-21(24)4/h8,12-13,19-20,22,25-27,29H,7,9-11,14-18H2,1-6H3/b13-12+/t20-,22+,25-,26+,27-,28+/m0/s1. The molecule has 1 nitrogen and oxygen atoms in total. The third-order valence-corrected chi connectivity index (χ3v) is 9.11. The molecule has 1 heteroatoms. The molecule has 1 fully saturated rings. The molecule has 3 rings (SSSR count). The molecule has 0 aromatic heterocycles. The van der Waals surface area contributed by atoms with Crippen LogP contribution in [0.25, 0.3) is 0 Å². The smallest absolute Gasteiger partial charge is 0.0583 e. The molecule has 164 valence electrons.